The lowest BCUT2D eigenvalue weighted by atomic mass is 10.1. The molecule has 2 rings (SSSR count). The molecule has 1 aromatic carbocycles. The van der Waals surface area contributed by atoms with E-state index >= 15 is 0 Å². The molecule has 2 aromatic rings. The number of ether oxygens (including phenoxy) is 1. The molecule has 0 fully saturated rings. The largest absolute Gasteiger partial charge is 0.484 e. The van der Waals surface area contributed by atoms with Crippen LogP contribution in [0.15, 0.2) is 42.5 Å². The Bertz CT molecular complexity index is 537. The Kier molecular flexibility index (Phi) is 3.72. The topological polar surface area (TPSA) is 39.2 Å². The second-order valence-electron chi connectivity index (χ2n) is 4.12. The van der Waals surface area contributed by atoms with Crippen LogP contribution in [-0.4, -0.2) is 11.3 Å². The van der Waals surface area contributed by atoms with Crippen molar-refractivity contribution in [2.75, 3.05) is 0 Å². The Balaban J connectivity index is 2.22. The minimum atomic E-state index is -0.116. The minimum absolute atomic E-state index is 0.116. The van der Waals surface area contributed by atoms with Crippen LogP contribution in [0.25, 0.3) is 0 Å². The number of aldehydes is 1. The molecular formula is C15H15NO2. The highest BCUT2D eigenvalue weighted by molar-refractivity contribution is 5.76. The van der Waals surface area contributed by atoms with Gasteiger partial charge in [0.1, 0.15) is 17.5 Å². The maximum absolute atomic E-state index is 11.0. The van der Waals surface area contributed by atoms with Gasteiger partial charge in [-0.3, -0.25) is 4.79 Å². The van der Waals surface area contributed by atoms with Crippen LogP contribution in [0.4, 0.5) is 0 Å². The van der Waals surface area contributed by atoms with E-state index in [4.69, 9.17) is 4.74 Å². The van der Waals surface area contributed by atoms with E-state index in [2.05, 4.69) is 4.98 Å². The molecule has 0 saturated carbocycles. The van der Waals surface area contributed by atoms with Crippen molar-refractivity contribution in [3.05, 3.63) is 59.4 Å². The van der Waals surface area contributed by atoms with Crippen molar-refractivity contribution in [3.63, 3.8) is 0 Å². The van der Waals surface area contributed by atoms with Gasteiger partial charge in [-0.05, 0) is 31.5 Å². The van der Waals surface area contributed by atoms with E-state index in [1.807, 2.05) is 50.2 Å². The summed E-state index contributed by atoms with van der Waals surface area (Å²) < 4.78 is 5.78. The summed E-state index contributed by atoms with van der Waals surface area (Å²) in [6.07, 6.45) is 0.606. The van der Waals surface area contributed by atoms with Gasteiger partial charge in [0, 0.05) is 5.69 Å². The van der Waals surface area contributed by atoms with Crippen molar-refractivity contribution in [1.82, 2.24) is 4.98 Å². The van der Waals surface area contributed by atoms with Crippen LogP contribution >= 0.6 is 0 Å². The van der Waals surface area contributed by atoms with E-state index in [0.29, 0.717) is 11.4 Å². The number of aryl methyl sites for hydroxylation is 1. The van der Waals surface area contributed by atoms with Gasteiger partial charge in [-0.2, -0.15) is 0 Å². The van der Waals surface area contributed by atoms with Gasteiger partial charge in [0.05, 0.1) is 0 Å². The number of nitrogens with zero attached hydrogens (tertiary/aromatic N) is 1. The summed E-state index contributed by atoms with van der Waals surface area (Å²) in [4.78, 5) is 15.1. The second-order valence-corrected chi connectivity index (χ2v) is 4.12. The average Bonchev–Trinajstić information content (AvgIpc) is 2.41. The number of carbonyl (C=O) groups excluding carboxylic acids is 1. The van der Waals surface area contributed by atoms with Gasteiger partial charge in [0.15, 0.2) is 6.29 Å². The third-order valence-corrected chi connectivity index (χ3v) is 2.71. The Hall–Kier alpha value is -2.16. The molecule has 1 unspecified atom stereocenters. The van der Waals surface area contributed by atoms with E-state index in [1.54, 1.807) is 6.07 Å². The number of hydrogen-bond acceptors (Lipinski definition) is 3. The van der Waals surface area contributed by atoms with E-state index in [1.165, 1.54) is 0 Å². The first-order valence-electron chi connectivity index (χ1n) is 5.85. The predicted molar refractivity (Wildman–Crippen MR) is 69.8 cm³/mol. The lowest BCUT2D eigenvalue weighted by Crippen LogP contribution is -2.06. The number of carbonyl (C=O) groups is 1. The molecule has 0 bridgehead atoms. The summed E-state index contributed by atoms with van der Waals surface area (Å²) in [6.45, 7) is 3.79. The first kappa shape index (κ1) is 12.3. The van der Waals surface area contributed by atoms with Gasteiger partial charge in [-0.15, -0.1) is 0 Å². The van der Waals surface area contributed by atoms with Crippen LogP contribution in [0.1, 0.15) is 34.8 Å². The van der Waals surface area contributed by atoms with Gasteiger partial charge >= 0.3 is 0 Å². The molecule has 0 N–H and O–H groups in total. The van der Waals surface area contributed by atoms with E-state index in [9.17, 15) is 4.79 Å². The Morgan fingerprint density at radius 3 is 2.56 bits per heavy atom. The summed E-state index contributed by atoms with van der Waals surface area (Å²) in [5.74, 6) is 0.520. The summed E-state index contributed by atoms with van der Waals surface area (Å²) in [6, 6.07) is 13.5. The van der Waals surface area contributed by atoms with Crippen molar-refractivity contribution >= 4 is 6.29 Å². The maximum atomic E-state index is 11.0. The smallest absolute Gasteiger partial charge is 0.172 e. The Morgan fingerprint density at radius 2 is 1.89 bits per heavy atom. The van der Waals surface area contributed by atoms with Crippen molar-refractivity contribution in [2.45, 2.75) is 20.0 Å². The van der Waals surface area contributed by atoms with Gasteiger partial charge in [-0.1, -0.05) is 30.3 Å². The van der Waals surface area contributed by atoms with Crippen LogP contribution in [0.5, 0.6) is 5.75 Å². The quantitative estimate of drug-likeness (QED) is 0.771. The van der Waals surface area contributed by atoms with Gasteiger partial charge in [-0.25, -0.2) is 4.98 Å². The summed E-state index contributed by atoms with van der Waals surface area (Å²) in [7, 11) is 0. The minimum Gasteiger partial charge on any atom is -0.484 e. The number of aromatic nitrogens is 1. The SMILES string of the molecule is Cc1ccc(OC(C)c2ccccc2)c(C=O)n1. The standard InChI is InChI=1S/C15H15NO2/c1-11-8-9-15(14(10-17)16-11)18-12(2)13-6-4-3-5-7-13/h3-10,12H,1-2H3. The fourth-order valence-corrected chi connectivity index (χ4v) is 1.73. The van der Waals surface area contributed by atoms with E-state index < -0.39 is 0 Å². The Morgan fingerprint density at radius 1 is 1.17 bits per heavy atom. The molecular weight excluding hydrogens is 226 g/mol. The van der Waals surface area contributed by atoms with Crippen molar-refractivity contribution in [1.29, 1.82) is 0 Å². The number of pyridine rings is 1. The first-order valence-corrected chi connectivity index (χ1v) is 5.85. The molecule has 1 aromatic heterocycles. The highest BCUT2D eigenvalue weighted by Crippen LogP contribution is 2.23. The highest BCUT2D eigenvalue weighted by Gasteiger charge is 2.10. The third kappa shape index (κ3) is 2.74. The van der Waals surface area contributed by atoms with Crippen LogP contribution in [0.3, 0.4) is 0 Å². The molecule has 0 spiro atoms. The Labute approximate surface area is 106 Å². The molecule has 0 aliphatic heterocycles. The fraction of sp³-hybridized carbons (Fsp3) is 0.200. The number of benzene rings is 1. The molecule has 1 heterocycles. The van der Waals surface area contributed by atoms with E-state index in [0.717, 1.165) is 17.5 Å². The predicted octanol–water partition coefficient (Wildman–Crippen LogP) is 3.34. The lowest BCUT2D eigenvalue weighted by Gasteiger charge is -2.16. The summed E-state index contributed by atoms with van der Waals surface area (Å²) >= 11 is 0. The van der Waals surface area contributed by atoms with E-state index in [-0.39, 0.29) is 6.10 Å². The van der Waals surface area contributed by atoms with Crippen molar-refractivity contribution in [3.8, 4) is 5.75 Å². The second kappa shape index (κ2) is 5.45. The van der Waals surface area contributed by atoms with Crippen LogP contribution in [0, 0.1) is 6.92 Å². The van der Waals surface area contributed by atoms with Crippen molar-refractivity contribution < 1.29 is 9.53 Å². The molecule has 18 heavy (non-hydrogen) atoms. The molecule has 92 valence electrons. The summed E-state index contributed by atoms with van der Waals surface area (Å²) in [5.41, 5.74) is 2.21. The zero-order chi connectivity index (χ0) is 13.0. The third-order valence-electron chi connectivity index (χ3n) is 2.71. The van der Waals surface area contributed by atoms with Crippen LogP contribution in [-0.2, 0) is 0 Å². The molecule has 0 saturated heterocycles. The molecule has 0 radical (unpaired) electrons. The number of rotatable bonds is 4. The normalized spacial score (nSPS) is 11.9. The number of hydrogen-bond donors (Lipinski definition) is 0. The highest BCUT2D eigenvalue weighted by atomic mass is 16.5. The van der Waals surface area contributed by atoms with Gasteiger partial charge in [0.2, 0.25) is 0 Å². The first-order chi connectivity index (χ1) is 8.70. The van der Waals surface area contributed by atoms with Crippen molar-refractivity contribution in [2.24, 2.45) is 0 Å². The zero-order valence-corrected chi connectivity index (χ0v) is 10.5. The van der Waals surface area contributed by atoms with Gasteiger partial charge < -0.3 is 4.74 Å². The molecule has 3 heteroatoms. The zero-order valence-electron chi connectivity index (χ0n) is 10.5. The molecule has 0 amide bonds. The van der Waals surface area contributed by atoms with Gasteiger partial charge in [0.25, 0.3) is 0 Å². The van der Waals surface area contributed by atoms with Crippen LogP contribution in [0.2, 0.25) is 0 Å². The monoisotopic (exact) mass is 241 g/mol. The summed E-state index contributed by atoms with van der Waals surface area (Å²) in [5, 5.41) is 0. The average molecular weight is 241 g/mol. The molecule has 0 aliphatic rings. The molecule has 0 aliphatic carbocycles. The van der Waals surface area contributed by atoms with Crippen LogP contribution < -0.4 is 4.74 Å². The maximum Gasteiger partial charge on any atom is 0.172 e. The molecule has 1 atom stereocenters. The fourth-order valence-electron chi connectivity index (χ4n) is 1.73. The molecule has 3 nitrogen and oxygen atoms in total. The lowest BCUT2D eigenvalue weighted by molar-refractivity contribution is 0.111.